The summed E-state index contributed by atoms with van der Waals surface area (Å²) in [6, 6.07) is 2.39. The number of hydrogen-bond donors (Lipinski definition) is 2. The lowest BCUT2D eigenvalue weighted by atomic mass is 10.1. The van der Waals surface area contributed by atoms with Gasteiger partial charge in [-0.3, -0.25) is 4.68 Å². The van der Waals surface area contributed by atoms with E-state index in [9.17, 15) is 0 Å². The van der Waals surface area contributed by atoms with Crippen LogP contribution in [0.3, 0.4) is 0 Å². The minimum absolute atomic E-state index is 0.282. The average molecular weight is 318 g/mol. The summed E-state index contributed by atoms with van der Waals surface area (Å²) in [7, 11) is 1.97. The molecule has 6 heteroatoms. The van der Waals surface area contributed by atoms with Crippen molar-refractivity contribution in [1.29, 1.82) is 0 Å². The zero-order valence-electron chi connectivity index (χ0n) is 13.2. The van der Waals surface area contributed by atoms with E-state index in [1.165, 1.54) is 5.69 Å². The van der Waals surface area contributed by atoms with Crippen LogP contribution < -0.4 is 5.32 Å². The molecule has 0 fully saturated rings. The third kappa shape index (κ3) is 2.46. The molecule has 3 aromatic heterocycles. The Morgan fingerprint density at radius 3 is 2.82 bits per heavy atom. The third-order valence-corrected chi connectivity index (χ3v) is 4.00. The second kappa shape index (κ2) is 5.65. The zero-order chi connectivity index (χ0) is 15.9. The number of fused-ring (bicyclic) bond motifs is 1. The Hall–Kier alpha value is -2.01. The fourth-order valence-electron chi connectivity index (χ4n) is 2.66. The van der Waals surface area contributed by atoms with Crippen LogP contribution in [0.2, 0.25) is 5.02 Å². The first kappa shape index (κ1) is 14.9. The summed E-state index contributed by atoms with van der Waals surface area (Å²) in [5.74, 6) is 0. The topological polar surface area (TPSA) is 58.5 Å². The number of nitrogens with one attached hydrogen (secondary N) is 2. The predicted octanol–water partition coefficient (Wildman–Crippen LogP) is 4.00. The van der Waals surface area contributed by atoms with Crippen LogP contribution in [0, 0.1) is 0 Å². The summed E-state index contributed by atoms with van der Waals surface area (Å²) >= 11 is 6.35. The molecule has 0 radical (unpaired) electrons. The van der Waals surface area contributed by atoms with E-state index in [1.54, 1.807) is 6.20 Å². The standard InChI is InChI=1S/C16H20ClN5/c1-5-10-6-13(21-22(10)4)11-7-18-16-14(12(17)8-19-16)15(11)20-9(2)3/h6-9H,5H2,1-4H3,(H2,18,19,20). The molecule has 0 saturated carbocycles. The number of hydrogen-bond acceptors (Lipinski definition) is 3. The minimum Gasteiger partial charge on any atom is -0.382 e. The molecule has 0 amide bonds. The van der Waals surface area contributed by atoms with Gasteiger partial charge < -0.3 is 10.3 Å². The maximum Gasteiger partial charge on any atom is 0.140 e. The average Bonchev–Trinajstić information content (AvgIpc) is 3.02. The number of H-pyrrole nitrogens is 1. The molecule has 0 aliphatic heterocycles. The molecule has 0 unspecified atom stereocenters. The van der Waals surface area contributed by atoms with Gasteiger partial charge in [-0.25, -0.2) is 4.98 Å². The van der Waals surface area contributed by atoms with Gasteiger partial charge in [0.2, 0.25) is 0 Å². The van der Waals surface area contributed by atoms with Gasteiger partial charge in [0, 0.05) is 36.7 Å². The summed E-state index contributed by atoms with van der Waals surface area (Å²) < 4.78 is 1.91. The van der Waals surface area contributed by atoms with E-state index in [0.717, 1.165) is 34.4 Å². The zero-order valence-corrected chi connectivity index (χ0v) is 14.0. The van der Waals surface area contributed by atoms with Crippen molar-refractivity contribution in [3.8, 4) is 11.3 Å². The fraction of sp³-hybridized carbons (Fsp3) is 0.375. The van der Waals surface area contributed by atoms with Crippen molar-refractivity contribution >= 4 is 28.3 Å². The predicted molar refractivity (Wildman–Crippen MR) is 91.4 cm³/mol. The van der Waals surface area contributed by atoms with Crippen LogP contribution in [0.5, 0.6) is 0 Å². The van der Waals surface area contributed by atoms with Gasteiger partial charge in [0.1, 0.15) is 5.65 Å². The molecule has 0 aliphatic carbocycles. The van der Waals surface area contributed by atoms with Crippen LogP contribution in [0.4, 0.5) is 5.69 Å². The van der Waals surface area contributed by atoms with Crippen molar-refractivity contribution < 1.29 is 0 Å². The Balaban J connectivity index is 2.25. The minimum atomic E-state index is 0.282. The summed E-state index contributed by atoms with van der Waals surface area (Å²) in [5, 5.41) is 9.70. The lowest BCUT2D eigenvalue weighted by Crippen LogP contribution is -2.11. The fourth-order valence-corrected chi connectivity index (χ4v) is 2.90. The van der Waals surface area contributed by atoms with Gasteiger partial charge in [-0.15, -0.1) is 0 Å². The van der Waals surface area contributed by atoms with Crippen LogP contribution in [0.1, 0.15) is 26.5 Å². The molecular formula is C16H20ClN5. The first-order valence-corrected chi connectivity index (χ1v) is 7.84. The van der Waals surface area contributed by atoms with E-state index < -0.39 is 0 Å². The van der Waals surface area contributed by atoms with Gasteiger partial charge in [-0.2, -0.15) is 5.10 Å². The SMILES string of the molecule is CCc1cc(-c2cnc3[nH]cc(Cl)c3c2NC(C)C)nn1C. The van der Waals surface area contributed by atoms with E-state index in [-0.39, 0.29) is 6.04 Å². The summed E-state index contributed by atoms with van der Waals surface area (Å²) in [6.07, 6.45) is 4.56. The van der Waals surface area contributed by atoms with Crippen molar-refractivity contribution in [3.63, 3.8) is 0 Å². The van der Waals surface area contributed by atoms with Gasteiger partial charge in [0.05, 0.1) is 21.8 Å². The van der Waals surface area contributed by atoms with Crippen LogP contribution in [0.15, 0.2) is 18.5 Å². The number of anilines is 1. The largest absolute Gasteiger partial charge is 0.382 e. The highest BCUT2D eigenvalue weighted by Gasteiger charge is 2.17. The molecule has 2 N–H and O–H groups in total. The van der Waals surface area contributed by atoms with Crippen molar-refractivity contribution in [1.82, 2.24) is 19.7 Å². The Morgan fingerprint density at radius 1 is 1.41 bits per heavy atom. The van der Waals surface area contributed by atoms with Crippen LogP contribution >= 0.6 is 11.6 Å². The molecule has 0 spiro atoms. The second-order valence-electron chi connectivity index (χ2n) is 5.70. The van der Waals surface area contributed by atoms with Gasteiger partial charge in [0.15, 0.2) is 0 Å². The summed E-state index contributed by atoms with van der Waals surface area (Å²) in [4.78, 5) is 7.58. The van der Waals surface area contributed by atoms with E-state index in [2.05, 4.69) is 47.2 Å². The smallest absolute Gasteiger partial charge is 0.140 e. The quantitative estimate of drug-likeness (QED) is 0.764. The lowest BCUT2D eigenvalue weighted by Gasteiger charge is -2.15. The Bertz CT molecular complexity index is 815. The molecule has 0 saturated heterocycles. The van der Waals surface area contributed by atoms with E-state index in [1.807, 2.05) is 17.9 Å². The number of aryl methyl sites for hydroxylation is 2. The molecule has 0 atom stereocenters. The monoisotopic (exact) mass is 317 g/mol. The van der Waals surface area contributed by atoms with Crippen molar-refractivity contribution in [2.24, 2.45) is 7.05 Å². The molecule has 22 heavy (non-hydrogen) atoms. The molecule has 0 aromatic carbocycles. The molecule has 5 nitrogen and oxygen atoms in total. The van der Waals surface area contributed by atoms with Crippen molar-refractivity contribution in [2.45, 2.75) is 33.2 Å². The number of pyridine rings is 1. The van der Waals surface area contributed by atoms with Crippen LogP contribution in [0.25, 0.3) is 22.3 Å². The third-order valence-electron chi connectivity index (χ3n) is 3.70. The van der Waals surface area contributed by atoms with Gasteiger partial charge in [-0.05, 0) is 26.3 Å². The highest BCUT2D eigenvalue weighted by atomic mass is 35.5. The molecule has 0 aliphatic rings. The maximum absolute atomic E-state index is 6.35. The first-order chi connectivity index (χ1) is 10.5. The Labute approximate surface area is 134 Å². The van der Waals surface area contributed by atoms with Crippen molar-refractivity contribution in [3.05, 3.63) is 29.2 Å². The van der Waals surface area contributed by atoms with Crippen LogP contribution in [-0.2, 0) is 13.5 Å². The van der Waals surface area contributed by atoms with E-state index >= 15 is 0 Å². The highest BCUT2D eigenvalue weighted by Crippen LogP contribution is 2.37. The Kier molecular flexibility index (Phi) is 3.83. The molecule has 0 bridgehead atoms. The Morgan fingerprint density at radius 2 is 2.18 bits per heavy atom. The molecule has 3 rings (SSSR count). The number of halogens is 1. The first-order valence-electron chi connectivity index (χ1n) is 7.46. The number of nitrogens with zero attached hydrogens (tertiary/aromatic N) is 3. The second-order valence-corrected chi connectivity index (χ2v) is 6.11. The molecule has 3 heterocycles. The summed E-state index contributed by atoms with van der Waals surface area (Å²) in [6.45, 7) is 6.33. The van der Waals surface area contributed by atoms with Gasteiger partial charge in [-0.1, -0.05) is 18.5 Å². The lowest BCUT2D eigenvalue weighted by molar-refractivity contribution is 0.720. The number of aromatic amines is 1. The molecule has 116 valence electrons. The van der Waals surface area contributed by atoms with Gasteiger partial charge >= 0.3 is 0 Å². The highest BCUT2D eigenvalue weighted by molar-refractivity contribution is 6.36. The van der Waals surface area contributed by atoms with E-state index in [4.69, 9.17) is 11.6 Å². The normalized spacial score (nSPS) is 11.5. The molecule has 3 aromatic rings. The molecular weight excluding hydrogens is 298 g/mol. The number of rotatable bonds is 4. The summed E-state index contributed by atoms with van der Waals surface area (Å²) in [5.41, 5.74) is 4.83. The van der Waals surface area contributed by atoms with Crippen molar-refractivity contribution in [2.75, 3.05) is 5.32 Å². The number of aromatic nitrogens is 4. The maximum atomic E-state index is 6.35. The van der Waals surface area contributed by atoms with E-state index in [0.29, 0.717) is 5.02 Å². The van der Waals surface area contributed by atoms with Gasteiger partial charge in [0.25, 0.3) is 0 Å². The van der Waals surface area contributed by atoms with Crippen LogP contribution in [-0.4, -0.2) is 25.8 Å².